The van der Waals surface area contributed by atoms with Crippen LogP contribution in [0.1, 0.15) is 5.56 Å². The third-order valence-corrected chi connectivity index (χ3v) is 2.04. The molecule has 78 valence electrons. The van der Waals surface area contributed by atoms with Crippen molar-refractivity contribution in [3.05, 3.63) is 24.0 Å². The maximum atomic E-state index is 5.47. The molecule has 0 saturated carbocycles. The van der Waals surface area contributed by atoms with E-state index in [1.807, 2.05) is 13.1 Å². The van der Waals surface area contributed by atoms with Crippen LogP contribution in [0, 0.1) is 0 Å². The number of nitrogens with two attached hydrogens (primary N) is 1. The first-order chi connectivity index (χ1) is 6.77. The quantitative estimate of drug-likeness (QED) is 0.742. The summed E-state index contributed by atoms with van der Waals surface area (Å²) in [5.74, 6) is 0.830. The molecular weight excluding hydrogens is 178 g/mol. The summed E-state index contributed by atoms with van der Waals surface area (Å²) in [5.41, 5.74) is 6.61. The maximum Gasteiger partial charge on any atom is 0.141 e. The van der Waals surface area contributed by atoms with Gasteiger partial charge in [0.05, 0.1) is 13.3 Å². The van der Waals surface area contributed by atoms with Gasteiger partial charge in [0.15, 0.2) is 0 Å². The fourth-order valence-corrected chi connectivity index (χ4v) is 1.31. The zero-order valence-corrected chi connectivity index (χ0v) is 8.73. The summed E-state index contributed by atoms with van der Waals surface area (Å²) in [5, 5.41) is 0. The number of ether oxygens (including phenoxy) is 1. The number of likely N-dealkylation sites (N-methyl/N-ethyl adjacent to an activating group) is 1. The van der Waals surface area contributed by atoms with Gasteiger partial charge in [-0.25, -0.2) is 0 Å². The zero-order valence-electron chi connectivity index (χ0n) is 8.73. The van der Waals surface area contributed by atoms with E-state index < -0.39 is 0 Å². The Morgan fingerprint density at radius 2 is 2.36 bits per heavy atom. The van der Waals surface area contributed by atoms with Gasteiger partial charge < -0.3 is 15.4 Å². The molecule has 2 N–H and O–H groups in total. The molecule has 0 aliphatic heterocycles. The molecule has 1 aromatic rings. The van der Waals surface area contributed by atoms with Crippen molar-refractivity contribution in [3.8, 4) is 5.75 Å². The first-order valence-electron chi connectivity index (χ1n) is 4.63. The van der Waals surface area contributed by atoms with Crippen molar-refractivity contribution in [2.24, 2.45) is 5.73 Å². The Balaban J connectivity index is 2.65. The minimum absolute atomic E-state index is 0.671. The van der Waals surface area contributed by atoms with Crippen molar-refractivity contribution < 1.29 is 4.74 Å². The van der Waals surface area contributed by atoms with E-state index in [2.05, 4.69) is 9.88 Å². The lowest BCUT2D eigenvalue weighted by Crippen LogP contribution is -2.25. The molecular formula is C10H17N3O. The molecule has 0 aliphatic rings. The van der Waals surface area contributed by atoms with Gasteiger partial charge in [-0.15, -0.1) is 0 Å². The number of rotatable bonds is 5. The number of hydrogen-bond donors (Lipinski definition) is 1. The van der Waals surface area contributed by atoms with E-state index in [1.165, 1.54) is 0 Å². The van der Waals surface area contributed by atoms with E-state index in [4.69, 9.17) is 10.5 Å². The summed E-state index contributed by atoms with van der Waals surface area (Å²) < 4.78 is 5.20. The highest BCUT2D eigenvalue weighted by atomic mass is 16.5. The first-order valence-corrected chi connectivity index (χ1v) is 4.63. The Bertz CT molecular complexity index is 278. The lowest BCUT2D eigenvalue weighted by Gasteiger charge is -2.16. The first kappa shape index (κ1) is 10.9. The lowest BCUT2D eigenvalue weighted by molar-refractivity contribution is 0.325. The highest BCUT2D eigenvalue weighted by Crippen LogP contribution is 2.16. The van der Waals surface area contributed by atoms with Gasteiger partial charge in [0, 0.05) is 31.4 Å². The highest BCUT2D eigenvalue weighted by Gasteiger charge is 2.04. The summed E-state index contributed by atoms with van der Waals surface area (Å²) >= 11 is 0. The van der Waals surface area contributed by atoms with Gasteiger partial charge in [0.25, 0.3) is 0 Å². The SMILES string of the molecule is COc1cnccc1CN(C)CCN. The molecule has 0 amide bonds. The van der Waals surface area contributed by atoms with Crippen molar-refractivity contribution in [2.75, 3.05) is 27.2 Å². The number of nitrogens with zero attached hydrogens (tertiary/aromatic N) is 2. The standard InChI is InChI=1S/C10H17N3O/c1-13(6-4-11)8-9-3-5-12-7-10(9)14-2/h3,5,7H,4,6,8,11H2,1-2H3. The third kappa shape index (κ3) is 2.97. The largest absolute Gasteiger partial charge is 0.495 e. The van der Waals surface area contributed by atoms with Crippen molar-refractivity contribution >= 4 is 0 Å². The van der Waals surface area contributed by atoms with E-state index in [0.717, 1.165) is 24.4 Å². The fourth-order valence-electron chi connectivity index (χ4n) is 1.31. The van der Waals surface area contributed by atoms with Crippen LogP contribution in [0.25, 0.3) is 0 Å². The van der Waals surface area contributed by atoms with Gasteiger partial charge in [0.2, 0.25) is 0 Å². The van der Waals surface area contributed by atoms with Crippen molar-refractivity contribution in [1.82, 2.24) is 9.88 Å². The molecule has 1 aromatic heterocycles. The summed E-state index contributed by atoms with van der Waals surface area (Å²) in [6.07, 6.45) is 3.50. The lowest BCUT2D eigenvalue weighted by atomic mass is 10.2. The third-order valence-electron chi connectivity index (χ3n) is 2.04. The predicted octanol–water partition coefficient (Wildman–Crippen LogP) is 0.481. The molecule has 1 rings (SSSR count). The van der Waals surface area contributed by atoms with E-state index in [1.54, 1.807) is 19.5 Å². The Labute approximate surface area is 84.7 Å². The second-order valence-electron chi connectivity index (χ2n) is 3.21. The number of hydrogen-bond acceptors (Lipinski definition) is 4. The van der Waals surface area contributed by atoms with Gasteiger partial charge in [-0.05, 0) is 13.1 Å². The van der Waals surface area contributed by atoms with Crippen LogP contribution in [-0.2, 0) is 6.54 Å². The smallest absolute Gasteiger partial charge is 0.141 e. The summed E-state index contributed by atoms with van der Waals surface area (Å²) in [6, 6.07) is 1.96. The molecule has 0 unspecified atom stereocenters. The topological polar surface area (TPSA) is 51.4 Å². The molecule has 0 radical (unpaired) electrons. The van der Waals surface area contributed by atoms with Crippen LogP contribution in [0.15, 0.2) is 18.5 Å². The van der Waals surface area contributed by atoms with Crippen LogP contribution in [-0.4, -0.2) is 37.1 Å². The van der Waals surface area contributed by atoms with Crippen LogP contribution < -0.4 is 10.5 Å². The van der Waals surface area contributed by atoms with Gasteiger partial charge in [-0.1, -0.05) is 0 Å². The van der Waals surface area contributed by atoms with Crippen LogP contribution >= 0.6 is 0 Å². The molecule has 1 heterocycles. The molecule has 0 bridgehead atoms. The Kier molecular flexibility index (Phi) is 4.35. The Morgan fingerprint density at radius 1 is 1.57 bits per heavy atom. The van der Waals surface area contributed by atoms with Gasteiger partial charge >= 0.3 is 0 Å². The highest BCUT2D eigenvalue weighted by molar-refractivity contribution is 5.29. The maximum absolute atomic E-state index is 5.47. The van der Waals surface area contributed by atoms with E-state index >= 15 is 0 Å². The van der Waals surface area contributed by atoms with Crippen LogP contribution in [0.4, 0.5) is 0 Å². The molecule has 14 heavy (non-hydrogen) atoms. The number of pyridine rings is 1. The summed E-state index contributed by atoms with van der Waals surface area (Å²) in [4.78, 5) is 6.15. The molecule has 4 heteroatoms. The molecule has 4 nitrogen and oxygen atoms in total. The molecule has 0 atom stereocenters. The normalized spacial score (nSPS) is 10.6. The number of methoxy groups -OCH3 is 1. The van der Waals surface area contributed by atoms with Crippen LogP contribution in [0.5, 0.6) is 5.75 Å². The van der Waals surface area contributed by atoms with Crippen molar-refractivity contribution in [2.45, 2.75) is 6.54 Å². The van der Waals surface area contributed by atoms with Crippen molar-refractivity contribution in [3.63, 3.8) is 0 Å². The second kappa shape index (κ2) is 5.57. The van der Waals surface area contributed by atoms with Gasteiger partial charge in [-0.3, -0.25) is 4.98 Å². The molecule has 0 spiro atoms. The van der Waals surface area contributed by atoms with Crippen LogP contribution in [0.3, 0.4) is 0 Å². The average molecular weight is 195 g/mol. The Morgan fingerprint density at radius 3 is 3.00 bits per heavy atom. The van der Waals surface area contributed by atoms with Crippen LogP contribution in [0.2, 0.25) is 0 Å². The molecule has 0 fully saturated rings. The molecule has 0 aromatic carbocycles. The van der Waals surface area contributed by atoms with E-state index in [9.17, 15) is 0 Å². The van der Waals surface area contributed by atoms with E-state index in [0.29, 0.717) is 6.54 Å². The minimum atomic E-state index is 0.671. The predicted molar refractivity (Wildman–Crippen MR) is 56.2 cm³/mol. The minimum Gasteiger partial charge on any atom is -0.495 e. The van der Waals surface area contributed by atoms with Gasteiger partial charge in [-0.2, -0.15) is 0 Å². The average Bonchev–Trinajstić information content (AvgIpc) is 2.19. The second-order valence-corrected chi connectivity index (χ2v) is 3.21. The summed E-state index contributed by atoms with van der Waals surface area (Å²) in [7, 11) is 3.69. The molecule has 0 saturated heterocycles. The number of aromatic nitrogens is 1. The monoisotopic (exact) mass is 195 g/mol. The zero-order chi connectivity index (χ0) is 10.4. The Hall–Kier alpha value is -1.13. The van der Waals surface area contributed by atoms with E-state index in [-0.39, 0.29) is 0 Å². The van der Waals surface area contributed by atoms with Gasteiger partial charge in [0.1, 0.15) is 5.75 Å². The van der Waals surface area contributed by atoms with Crippen molar-refractivity contribution in [1.29, 1.82) is 0 Å². The fraction of sp³-hybridized carbons (Fsp3) is 0.500. The summed E-state index contributed by atoms with van der Waals surface area (Å²) in [6.45, 7) is 2.39. The molecule has 0 aliphatic carbocycles.